The van der Waals surface area contributed by atoms with Gasteiger partial charge in [0.1, 0.15) is 18.3 Å². The summed E-state index contributed by atoms with van der Waals surface area (Å²) in [7, 11) is 0. The molecule has 1 aromatic carbocycles. The van der Waals surface area contributed by atoms with Crippen molar-refractivity contribution in [2.75, 3.05) is 12.3 Å². The van der Waals surface area contributed by atoms with Crippen LogP contribution in [-0.4, -0.2) is 59.8 Å². The van der Waals surface area contributed by atoms with Gasteiger partial charge in [0.25, 0.3) is 11.5 Å². The molecule has 12 heteroatoms. The van der Waals surface area contributed by atoms with Crippen molar-refractivity contribution in [3.8, 4) is 0 Å². The number of benzene rings is 1. The number of imidazole rings is 1. The molecule has 0 aliphatic carbocycles. The highest BCUT2D eigenvalue weighted by atomic mass is 16.6. The molecule has 1 fully saturated rings. The van der Waals surface area contributed by atoms with Gasteiger partial charge in [-0.3, -0.25) is 14.3 Å². The summed E-state index contributed by atoms with van der Waals surface area (Å²) in [5.74, 6) is -0.248. The smallest absolute Gasteiger partial charge is 0.280 e. The van der Waals surface area contributed by atoms with Crippen LogP contribution < -0.4 is 11.3 Å². The number of nitrogens with one attached hydrogen (secondary N) is 1. The fourth-order valence-electron chi connectivity index (χ4n) is 3.29. The lowest BCUT2D eigenvalue weighted by atomic mass is 10.1. The van der Waals surface area contributed by atoms with Crippen molar-refractivity contribution in [2.24, 2.45) is 10.2 Å². The van der Waals surface area contributed by atoms with Crippen molar-refractivity contribution in [2.45, 2.75) is 37.9 Å². The van der Waals surface area contributed by atoms with E-state index in [4.69, 9.17) is 10.5 Å². The van der Waals surface area contributed by atoms with E-state index >= 15 is 0 Å². The zero-order chi connectivity index (χ0) is 21.4. The first kappa shape index (κ1) is 20.1. The van der Waals surface area contributed by atoms with Gasteiger partial charge < -0.3 is 25.8 Å². The zero-order valence-electron chi connectivity index (χ0n) is 16.0. The van der Waals surface area contributed by atoms with Crippen LogP contribution in [0.15, 0.2) is 39.3 Å². The maximum absolute atomic E-state index is 12.3. The van der Waals surface area contributed by atoms with Gasteiger partial charge >= 0.3 is 0 Å². The highest BCUT2D eigenvalue weighted by Gasteiger charge is 2.45. The maximum atomic E-state index is 12.3. The Kier molecular flexibility index (Phi) is 5.30. The van der Waals surface area contributed by atoms with Crippen molar-refractivity contribution >= 4 is 28.7 Å². The molecule has 12 nitrogen and oxygen atoms in total. The molecular weight excluding hydrogens is 394 g/mol. The van der Waals surface area contributed by atoms with Gasteiger partial charge in [0.05, 0.1) is 12.3 Å². The van der Waals surface area contributed by atoms with E-state index in [0.717, 1.165) is 12.0 Å². The lowest BCUT2D eigenvalue weighted by Crippen LogP contribution is -2.33. The number of azo groups is 1. The highest BCUT2D eigenvalue weighted by molar-refractivity contribution is 5.74. The Morgan fingerprint density at radius 3 is 2.57 bits per heavy atom. The number of aliphatic hydroxyl groups excluding tert-OH is 3. The number of ether oxygens (including phenoxy) is 1. The molecule has 1 saturated heterocycles. The van der Waals surface area contributed by atoms with Crippen molar-refractivity contribution in [1.29, 1.82) is 0 Å². The summed E-state index contributed by atoms with van der Waals surface area (Å²) >= 11 is 0. The molecule has 6 N–H and O–H groups in total. The van der Waals surface area contributed by atoms with E-state index < -0.39 is 36.7 Å². The van der Waals surface area contributed by atoms with Gasteiger partial charge in [0, 0.05) is 0 Å². The van der Waals surface area contributed by atoms with Gasteiger partial charge in [-0.15, -0.1) is 10.2 Å². The second-order valence-electron chi connectivity index (χ2n) is 6.85. The van der Waals surface area contributed by atoms with Gasteiger partial charge in [-0.2, -0.15) is 4.98 Å². The summed E-state index contributed by atoms with van der Waals surface area (Å²) < 4.78 is 6.80. The van der Waals surface area contributed by atoms with Gasteiger partial charge in [-0.1, -0.05) is 19.1 Å². The number of aromatic nitrogens is 4. The van der Waals surface area contributed by atoms with Crippen molar-refractivity contribution in [3.63, 3.8) is 0 Å². The topological polar surface area (TPSA) is 184 Å². The fraction of sp³-hybridized carbons (Fsp3) is 0.389. The van der Waals surface area contributed by atoms with Crippen LogP contribution in [-0.2, 0) is 11.2 Å². The molecule has 3 aromatic rings. The van der Waals surface area contributed by atoms with E-state index in [-0.39, 0.29) is 23.1 Å². The first-order chi connectivity index (χ1) is 14.4. The first-order valence-electron chi connectivity index (χ1n) is 9.33. The minimum absolute atomic E-state index is 0.00127. The molecule has 4 atom stereocenters. The quantitative estimate of drug-likeness (QED) is 0.368. The van der Waals surface area contributed by atoms with E-state index in [0.29, 0.717) is 5.69 Å². The number of H-pyrrole nitrogens is 1. The molecule has 0 spiro atoms. The van der Waals surface area contributed by atoms with Crippen LogP contribution >= 0.6 is 0 Å². The average Bonchev–Trinajstić information content (AvgIpc) is 3.24. The van der Waals surface area contributed by atoms with Crippen LogP contribution in [0.3, 0.4) is 0 Å². The normalized spacial score (nSPS) is 24.3. The van der Waals surface area contributed by atoms with Gasteiger partial charge in [-0.05, 0) is 24.1 Å². The van der Waals surface area contributed by atoms with Crippen molar-refractivity contribution < 1.29 is 20.1 Å². The number of nitrogen functional groups attached to an aromatic ring is 1. The van der Waals surface area contributed by atoms with E-state index in [2.05, 4.69) is 25.2 Å². The lowest BCUT2D eigenvalue weighted by Gasteiger charge is -2.17. The molecule has 30 heavy (non-hydrogen) atoms. The third-order valence-corrected chi connectivity index (χ3v) is 4.92. The minimum Gasteiger partial charge on any atom is -0.394 e. The third-order valence-electron chi connectivity index (χ3n) is 4.92. The minimum atomic E-state index is -1.43. The molecule has 0 radical (unpaired) electrons. The molecule has 4 rings (SSSR count). The van der Waals surface area contributed by atoms with Gasteiger partial charge in [0.2, 0.25) is 5.95 Å². The number of hydrogen-bond acceptors (Lipinski definition) is 10. The van der Waals surface area contributed by atoms with Gasteiger partial charge in [-0.25, -0.2) is 4.98 Å². The van der Waals surface area contributed by atoms with Crippen molar-refractivity contribution in [3.05, 3.63) is 40.2 Å². The van der Waals surface area contributed by atoms with E-state index in [9.17, 15) is 20.1 Å². The number of aliphatic hydroxyl groups is 3. The summed E-state index contributed by atoms with van der Waals surface area (Å²) in [6.07, 6.45) is -4.16. The Morgan fingerprint density at radius 2 is 1.93 bits per heavy atom. The Labute approximate surface area is 169 Å². The third kappa shape index (κ3) is 3.45. The first-order valence-corrected chi connectivity index (χ1v) is 9.33. The molecule has 3 heterocycles. The summed E-state index contributed by atoms with van der Waals surface area (Å²) in [5, 5.41) is 38.2. The Bertz CT molecular complexity index is 1140. The predicted molar refractivity (Wildman–Crippen MR) is 106 cm³/mol. The Hall–Kier alpha value is -3.19. The van der Waals surface area contributed by atoms with Crippen LogP contribution in [0.1, 0.15) is 18.7 Å². The number of aromatic amines is 1. The molecule has 2 aromatic heterocycles. The Morgan fingerprint density at radius 1 is 1.20 bits per heavy atom. The van der Waals surface area contributed by atoms with Crippen LogP contribution in [0.2, 0.25) is 0 Å². The predicted octanol–water partition coefficient (Wildman–Crippen LogP) is 0.291. The molecule has 0 bridgehead atoms. The number of aryl methyl sites for hydroxylation is 1. The highest BCUT2D eigenvalue weighted by Crippen LogP contribution is 2.35. The summed E-state index contributed by atoms with van der Waals surface area (Å²) in [5.41, 5.74) is 6.65. The van der Waals surface area contributed by atoms with E-state index in [1.807, 2.05) is 19.1 Å². The van der Waals surface area contributed by atoms with Crippen LogP contribution in [0.4, 0.5) is 17.6 Å². The SMILES string of the molecule is CCc1ccc(N=Nc2nc3c(=O)[nH]c(N)nc3n2[C@@H]2O[C@H](CO)C(O)C2O)cc1. The van der Waals surface area contributed by atoms with E-state index in [1.165, 1.54) is 4.57 Å². The second-order valence-corrected chi connectivity index (χ2v) is 6.85. The summed E-state index contributed by atoms with van der Waals surface area (Å²) in [4.78, 5) is 22.9. The maximum Gasteiger partial charge on any atom is 0.280 e. The molecule has 2 unspecified atom stereocenters. The largest absolute Gasteiger partial charge is 0.394 e. The molecule has 0 saturated carbocycles. The number of rotatable bonds is 5. The zero-order valence-corrected chi connectivity index (χ0v) is 16.0. The lowest BCUT2D eigenvalue weighted by molar-refractivity contribution is -0.0503. The fourth-order valence-corrected chi connectivity index (χ4v) is 3.29. The summed E-state index contributed by atoms with van der Waals surface area (Å²) in [6, 6.07) is 7.39. The summed E-state index contributed by atoms with van der Waals surface area (Å²) in [6.45, 7) is 1.52. The number of nitrogens with zero attached hydrogens (tertiary/aromatic N) is 5. The average molecular weight is 415 g/mol. The molecule has 0 amide bonds. The molecule has 1 aliphatic heterocycles. The number of fused-ring (bicyclic) bond motifs is 1. The molecule has 158 valence electrons. The van der Waals surface area contributed by atoms with Crippen molar-refractivity contribution in [1.82, 2.24) is 19.5 Å². The van der Waals surface area contributed by atoms with Crippen LogP contribution in [0, 0.1) is 0 Å². The Balaban J connectivity index is 1.82. The van der Waals surface area contributed by atoms with Gasteiger partial charge in [0.15, 0.2) is 17.4 Å². The molecule has 1 aliphatic rings. The van der Waals surface area contributed by atoms with Crippen LogP contribution in [0.25, 0.3) is 11.2 Å². The number of hydrogen-bond donors (Lipinski definition) is 5. The monoisotopic (exact) mass is 415 g/mol. The second kappa shape index (κ2) is 7.91. The molecular formula is C18H21N7O5. The number of nitrogens with two attached hydrogens (primary N) is 1. The number of anilines is 1. The van der Waals surface area contributed by atoms with E-state index in [1.54, 1.807) is 12.1 Å². The standard InChI is InChI=1S/C18H21N7O5/c1-2-8-3-5-9(6-4-8)23-24-18-20-11-14(21-17(19)22-15(11)29)25(18)16-13(28)12(27)10(7-26)30-16/h3-6,10,12-13,16,26-28H,2,7H2,1H3,(H3,19,21,22,29)/t10-,12?,13?,16-/m1/s1. The van der Waals surface area contributed by atoms with Crippen LogP contribution in [0.5, 0.6) is 0 Å².